The van der Waals surface area contributed by atoms with Crippen molar-refractivity contribution in [1.82, 2.24) is 10.0 Å². The minimum atomic E-state index is -4.86. The van der Waals surface area contributed by atoms with Gasteiger partial charge in [-0.2, -0.15) is 0 Å². The fourth-order valence-electron chi connectivity index (χ4n) is 1.26. The Labute approximate surface area is 115 Å². The first kappa shape index (κ1) is 16.7. The predicted octanol–water partition coefficient (Wildman–Crippen LogP) is 1.47. The van der Waals surface area contributed by atoms with E-state index in [1.54, 1.807) is 14.0 Å². The zero-order valence-electron chi connectivity index (χ0n) is 10.9. The third kappa shape index (κ3) is 5.35. The summed E-state index contributed by atoms with van der Waals surface area (Å²) < 4.78 is 66.0. The average molecular weight is 312 g/mol. The minimum Gasteiger partial charge on any atom is -0.406 e. The quantitative estimate of drug-likeness (QED) is 0.835. The molecule has 0 spiro atoms. The highest BCUT2D eigenvalue weighted by Crippen LogP contribution is 2.24. The molecule has 1 atom stereocenters. The number of likely N-dealkylation sites (N-methyl/N-ethyl adjacent to an activating group) is 1. The smallest absolute Gasteiger partial charge is 0.406 e. The van der Waals surface area contributed by atoms with Crippen molar-refractivity contribution in [1.29, 1.82) is 0 Å². The predicted molar refractivity (Wildman–Crippen MR) is 66.8 cm³/mol. The number of alkyl halides is 3. The van der Waals surface area contributed by atoms with E-state index in [-0.39, 0.29) is 17.5 Å². The topological polar surface area (TPSA) is 67.4 Å². The highest BCUT2D eigenvalue weighted by Gasteiger charge is 2.31. The number of nitrogens with one attached hydrogen (secondary N) is 2. The molecule has 0 saturated heterocycles. The van der Waals surface area contributed by atoms with E-state index in [0.717, 1.165) is 12.1 Å². The molecule has 1 unspecified atom stereocenters. The molecule has 0 bridgehead atoms. The standard InChI is InChI=1S/C11H15F3N2O3S/c1-8(15-2)7-16-20(17,18)10-5-3-4-9(6-10)19-11(12,13)14/h3-6,8,15-16H,7H2,1-2H3. The number of rotatable bonds is 6. The molecule has 1 aromatic carbocycles. The Kier molecular flexibility index (Phi) is 5.37. The van der Waals surface area contributed by atoms with Gasteiger partial charge in [-0.15, -0.1) is 13.2 Å². The molecule has 114 valence electrons. The van der Waals surface area contributed by atoms with Crippen molar-refractivity contribution >= 4 is 10.0 Å². The number of benzene rings is 1. The number of hydrogen-bond donors (Lipinski definition) is 2. The molecule has 0 saturated carbocycles. The molecule has 0 aliphatic heterocycles. The number of hydrogen-bond acceptors (Lipinski definition) is 4. The van der Waals surface area contributed by atoms with Crippen LogP contribution in [0.15, 0.2) is 29.2 Å². The largest absolute Gasteiger partial charge is 0.573 e. The molecule has 0 aliphatic rings. The molecule has 0 aromatic heterocycles. The molecule has 0 radical (unpaired) electrons. The Morgan fingerprint density at radius 1 is 1.35 bits per heavy atom. The molecular formula is C11H15F3N2O3S. The van der Waals surface area contributed by atoms with Gasteiger partial charge < -0.3 is 10.1 Å². The van der Waals surface area contributed by atoms with E-state index in [2.05, 4.69) is 14.8 Å². The fraction of sp³-hybridized carbons (Fsp3) is 0.455. The Morgan fingerprint density at radius 2 is 2.00 bits per heavy atom. The molecule has 0 fully saturated rings. The van der Waals surface area contributed by atoms with Crippen molar-refractivity contribution in [2.75, 3.05) is 13.6 Å². The van der Waals surface area contributed by atoms with Crippen LogP contribution in [0.3, 0.4) is 0 Å². The van der Waals surface area contributed by atoms with Gasteiger partial charge in [0, 0.05) is 18.7 Å². The maximum absolute atomic E-state index is 12.1. The lowest BCUT2D eigenvalue weighted by Crippen LogP contribution is -2.37. The molecule has 9 heteroatoms. The average Bonchev–Trinajstić information content (AvgIpc) is 2.34. The first-order valence-corrected chi connectivity index (χ1v) is 7.15. The number of ether oxygens (including phenoxy) is 1. The zero-order chi connectivity index (χ0) is 15.4. The third-order valence-electron chi connectivity index (χ3n) is 2.42. The van der Waals surface area contributed by atoms with Crippen molar-refractivity contribution < 1.29 is 26.3 Å². The van der Waals surface area contributed by atoms with Crippen molar-refractivity contribution in [2.24, 2.45) is 0 Å². The van der Waals surface area contributed by atoms with E-state index >= 15 is 0 Å². The summed E-state index contributed by atoms with van der Waals surface area (Å²) >= 11 is 0. The fourth-order valence-corrected chi connectivity index (χ4v) is 2.42. The highest BCUT2D eigenvalue weighted by atomic mass is 32.2. The summed E-state index contributed by atoms with van der Waals surface area (Å²) in [5, 5.41) is 2.83. The van der Waals surface area contributed by atoms with Crippen LogP contribution in [0, 0.1) is 0 Å². The summed E-state index contributed by atoms with van der Waals surface area (Å²) in [5.74, 6) is -0.581. The summed E-state index contributed by atoms with van der Waals surface area (Å²) in [4.78, 5) is -0.289. The SMILES string of the molecule is CNC(C)CNS(=O)(=O)c1cccc(OC(F)(F)F)c1. The molecule has 0 aliphatic carbocycles. The van der Waals surface area contributed by atoms with Crippen LogP contribution in [0.25, 0.3) is 0 Å². The van der Waals surface area contributed by atoms with E-state index < -0.39 is 22.1 Å². The van der Waals surface area contributed by atoms with Crippen LogP contribution in [-0.4, -0.2) is 34.4 Å². The maximum atomic E-state index is 12.1. The second-order valence-corrected chi connectivity index (χ2v) is 5.83. The molecule has 0 heterocycles. The van der Waals surface area contributed by atoms with Gasteiger partial charge in [-0.1, -0.05) is 6.07 Å². The molecule has 1 aromatic rings. The lowest BCUT2D eigenvalue weighted by molar-refractivity contribution is -0.274. The van der Waals surface area contributed by atoms with Crippen molar-refractivity contribution in [3.63, 3.8) is 0 Å². The second-order valence-electron chi connectivity index (χ2n) is 4.06. The van der Waals surface area contributed by atoms with Gasteiger partial charge in [0.05, 0.1) is 4.90 Å². The second kappa shape index (κ2) is 6.42. The lowest BCUT2D eigenvalue weighted by Gasteiger charge is -2.13. The normalized spacial score (nSPS) is 14.1. The molecule has 1 rings (SSSR count). The Bertz CT molecular complexity index is 546. The van der Waals surface area contributed by atoms with Gasteiger partial charge in [0.1, 0.15) is 5.75 Å². The molecule has 2 N–H and O–H groups in total. The lowest BCUT2D eigenvalue weighted by atomic mass is 10.3. The molecular weight excluding hydrogens is 297 g/mol. The summed E-state index contributed by atoms with van der Waals surface area (Å²) in [6.07, 6.45) is -4.86. The van der Waals surface area contributed by atoms with E-state index in [1.807, 2.05) is 0 Å². The Hall–Kier alpha value is -1.32. The Morgan fingerprint density at radius 3 is 2.55 bits per heavy atom. The van der Waals surface area contributed by atoms with Crippen LogP contribution >= 0.6 is 0 Å². The van der Waals surface area contributed by atoms with Crippen molar-refractivity contribution in [3.8, 4) is 5.75 Å². The highest BCUT2D eigenvalue weighted by molar-refractivity contribution is 7.89. The van der Waals surface area contributed by atoms with E-state index in [0.29, 0.717) is 0 Å². The summed E-state index contributed by atoms with van der Waals surface area (Å²) in [6, 6.07) is 4.11. The van der Waals surface area contributed by atoms with Gasteiger partial charge in [0.15, 0.2) is 0 Å². The zero-order valence-corrected chi connectivity index (χ0v) is 11.7. The summed E-state index contributed by atoms with van der Waals surface area (Å²) in [6.45, 7) is 1.87. The number of halogens is 3. The first-order valence-electron chi connectivity index (χ1n) is 5.67. The molecule has 20 heavy (non-hydrogen) atoms. The third-order valence-corrected chi connectivity index (χ3v) is 3.84. The van der Waals surface area contributed by atoms with Crippen molar-refractivity contribution in [2.45, 2.75) is 24.2 Å². The van der Waals surface area contributed by atoms with Gasteiger partial charge in [0.25, 0.3) is 0 Å². The van der Waals surface area contributed by atoms with Crippen LogP contribution in [0.1, 0.15) is 6.92 Å². The van der Waals surface area contributed by atoms with Crippen LogP contribution in [0.5, 0.6) is 5.75 Å². The molecule has 5 nitrogen and oxygen atoms in total. The monoisotopic (exact) mass is 312 g/mol. The first-order chi connectivity index (χ1) is 9.14. The van der Waals surface area contributed by atoms with Gasteiger partial charge in [-0.05, 0) is 26.1 Å². The van der Waals surface area contributed by atoms with Gasteiger partial charge in [-0.3, -0.25) is 0 Å². The van der Waals surface area contributed by atoms with E-state index in [4.69, 9.17) is 0 Å². The van der Waals surface area contributed by atoms with Gasteiger partial charge in [0.2, 0.25) is 10.0 Å². The van der Waals surface area contributed by atoms with Crippen LogP contribution in [0.2, 0.25) is 0 Å². The van der Waals surface area contributed by atoms with Crippen molar-refractivity contribution in [3.05, 3.63) is 24.3 Å². The number of sulfonamides is 1. The summed E-state index contributed by atoms with van der Waals surface area (Å²) in [5.41, 5.74) is 0. The van der Waals surface area contributed by atoms with Gasteiger partial charge in [-0.25, -0.2) is 13.1 Å². The minimum absolute atomic E-state index is 0.112. The maximum Gasteiger partial charge on any atom is 0.573 e. The van der Waals surface area contributed by atoms with Crippen LogP contribution < -0.4 is 14.8 Å². The van der Waals surface area contributed by atoms with Crippen LogP contribution in [-0.2, 0) is 10.0 Å². The Balaban J connectivity index is 2.88. The van der Waals surface area contributed by atoms with E-state index in [9.17, 15) is 21.6 Å². The van der Waals surface area contributed by atoms with E-state index in [1.165, 1.54) is 12.1 Å². The van der Waals surface area contributed by atoms with Crippen LogP contribution in [0.4, 0.5) is 13.2 Å². The van der Waals surface area contributed by atoms with Gasteiger partial charge >= 0.3 is 6.36 Å². The summed E-state index contributed by atoms with van der Waals surface area (Å²) in [7, 11) is -2.22. The molecule has 0 amide bonds.